The van der Waals surface area contributed by atoms with Crippen molar-refractivity contribution in [3.8, 4) is 17.2 Å². The van der Waals surface area contributed by atoms with E-state index in [1.807, 2.05) is 37.6 Å². The summed E-state index contributed by atoms with van der Waals surface area (Å²) in [6, 6.07) is 7.75. The zero-order valence-corrected chi connectivity index (χ0v) is 13.2. The molecule has 1 amide bonds. The zero-order valence-electron chi connectivity index (χ0n) is 13.2. The maximum atomic E-state index is 11.8. The molecule has 2 aromatic heterocycles. The average Bonchev–Trinajstić information content (AvgIpc) is 2.78. The van der Waals surface area contributed by atoms with Gasteiger partial charge in [-0.15, -0.1) is 0 Å². The summed E-state index contributed by atoms with van der Waals surface area (Å²) in [4.78, 5) is 15.9. The minimum absolute atomic E-state index is 0.461. The maximum absolute atomic E-state index is 11.8. The molecule has 0 aliphatic heterocycles. The molecule has 2 heterocycles. The summed E-state index contributed by atoms with van der Waals surface area (Å²) in [5.41, 5.74) is 11.1. The Bertz CT molecular complexity index is 992. The fourth-order valence-electron chi connectivity index (χ4n) is 3.17. The first-order chi connectivity index (χ1) is 11.0. The highest BCUT2D eigenvalue weighted by molar-refractivity contribution is 6.06. The number of nitriles is 1. The fourth-order valence-corrected chi connectivity index (χ4v) is 3.17. The Balaban J connectivity index is 2.52. The maximum Gasteiger partial charge on any atom is 0.265 e. The Labute approximate surface area is 134 Å². The van der Waals surface area contributed by atoms with E-state index < -0.39 is 5.91 Å². The number of rotatable bonds is 2. The fraction of sp³-hybridized carbons (Fsp3) is 0.167. The van der Waals surface area contributed by atoms with Crippen molar-refractivity contribution in [3.63, 3.8) is 0 Å². The van der Waals surface area contributed by atoms with E-state index in [-0.39, 0.29) is 0 Å². The molecule has 23 heavy (non-hydrogen) atoms. The molecule has 5 nitrogen and oxygen atoms in total. The van der Waals surface area contributed by atoms with Crippen molar-refractivity contribution < 1.29 is 4.79 Å². The number of aryl methyl sites for hydroxylation is 3. The highest BCUT2D eigenvalue weighted by Crippen LogP contribution is 2.35. The van der Waals surface area contributed by atoms with E-state index in [2.05, 4.69) is 11.1 Å². The van der Waals surface area contributed by atoms with Crippen LogP contribution in [-0.4, -0.2) is 15.5 Å². The molecule has 0 radical (unpaired) electrons. The van der Waals surface area contributed by atoms with Crippen molar-refractivity contribution in [3.05, 3.63) is 53.0 Å². The number of nitrogens with zero attached hydrogens (tertiary/aromatic N) is 3. The van der Waals surface area contributed by atoms with Gasteiger partial charge >= 0.3 is 0 Å². The van der Waals surface area contributed by atoms with Crippen LogP contribution >= 0.6 is 0 Å². The van der Waals surface area contributed by atoms with Gasteiger partial charge in [0.05, 0.1) is 17.1 Å². The van der Waals surface area contributed by atoms with Gasteiger partial charge in [-0.3, -0.25) is 9.78 Å². The van der Waals surface area contributed by atoms with Crippen molar-refractivity contribution in [2.45, 2.75) is 13.8 Å². The van der Waals surface area contributed by atoms with Gasteiger partial charge in [-0.2, -0.15) is 5.26 Å². The van der Waals surface area contributed by atoms with Crippen LogP contribution in [0.15, 0.2) is 30.6 Å². The molecule has 0 aliphatic carbocycles. The SMILES string of the molecule is Cc1cnccc1-c1cc(C#N)cc2c(C)c(C(N)=O)n(C)c12. The summed E-state index contributed by atoms with van der Waals surface area (Å²) in [5, 5.41) is 10.2. The molecular weight excluding hydrogens is 288 g/mol. The zero-order chi connectivity index (χ0) is 16.7. The van der Waals surface area contributed by atoms with Gasteiger partial charge in [0.15, 0.2) is 0 Å². The first kappa shape index (κ1) is 14.8. The van der Waals surface area contributed by atoms with Crippen molar-refractivity contribution in [1.29, 1.82) is 5.26 Å². The summed E-state index contributed by atoms with van der Waals surface area (Å²) in [7, 11) is 1.82. The predicted molar refractivity (Wildman–Crippen MR) is 88.9 cm³/mol. The number of hydrogen-bond acceptors (Lipinski definition) is 3. The van der Waals surface area contributed by atoms with E-state index in [4.69, 9.17) is 5.73 Å². The Kier molecular flexibility index (Phi) is 3.38. The van der Waals surface area contributed by atoms with Crippen molar-refractivity contribution in [2.24, 2.45) is 12.8 Å². The van der Waals surface area contributed by atoms with Gasteiger partial charge in [-0.25, -0.2) is 0 Å². The standard InChI is InChI=1S/C18H16N4O/c1-10-9-21-5-4-13(10)15-7-12(8-19)6-14-11(2)16(18(20)23)22(3)17(14)15/h4-7,9H,1-3H3,(H2,20,23). The van der Waals surface area contributed by atoms with Gasteiger partial charge in [0.25, 0.3) is 5.91 Å². The number of pyridine rings is 1. The first-order valence-electron chi connectivity index (χ1n) is 7.19. The molecule has 1 aromatic carbocycles. The minimum Gasteiger partial charge on any atom is -0.364 e. The molecule has 0 saturated heterocycles. The van der Waals surface area contributed by atoms with Gasteiger partial charge in [0.1, 0.15) is 5.69 Å². The smallest absolute Gasteiger partial charge is 0.265 e. The number of carbonyl (C=O) groups excluding carboxylic acids is 1. The first-order valence-corrected chi connectivity index (χ1v) is 7.19. The molecule has 0 unspecified atom stereocenters. The van der Waals surface area contributed by atoms with Crippen LogP contribution < -0.4 is 5.73 Å². The molecule has 0 bridgehead atoms. The second-order valence-electron chi connectivity index (χ2n) is 5.62. The highest BCUT2D eigenvalue weighted by Gasteiger charge is 2.20. The van der Waals surface area contributed by atoms with Crippen LogP contribution in [0.3, 0.4) is 0 Å². The number of benzene rings is 1. The second kappa shape index (κ2) is 5.25. The van der Waals surface area contributed by atoms with Crippen LogP contribution in [0, 0.1) is 25.2 Å². The third-order valence-electron chi connectivity index (χ3n) is 4.21. The molecule has 0 aliphatic rings. The quantitative estimate of drug-likeness (QED) is 0.790. The molecule has 2 N–H and O–H groups in total. The molecule has 0 saturated carbocycles. The monoisotopic (exact) mass is 304 g/mol. The van der Waals surface area contributed by atoms with Crippen LogP contribution in [0.2, 0.25) is 0 Å². The number of aromatic nitrogens is 2. The molecule has 3 rings (SSSR count). The number of amides is 1. The third-order valence-corrected chi connectivity index (χ3v) is 4.21. The van der Waals surface area contributed by atoms with Gasteiger partial charge in [0, 0.05) is 30.4 Å². The van der Waals surface area contributed by atoms with Crippen LogP contribution in [0.1, 0.15) is 27.2 Å². The average molecular weight is 304 g/mol. The number of fused-ring (bicyclic) bond motifs is 1. The molecule has 114 valence electrons. The number of hydrogen-bond donors (Lipinski definition) is 1. The second-order valence-corrected chi connectivity index (χ2v) is 5.62. The topological polar surface area (TPSA) is 84.7 Å². The summed E-state index contributed by atoms with van der Waals surface area (Å²) < 4.78 is 1.81. The molecule has 0 atom stereocenters. The van der Waals surface area contributed by atoms with Crippen LogP contribution in [-0.2, 0) is 7.05 Å². The van der Waals surface area contributed by atoms with Crippen molar-refractivity contribution in [1.82, 2.24) is 9.55 Å². The van der Waals surface area contributed by atoms with Gasteiger partial charge in [-0.1, -0.05) is 0 Å². The van der Waals surface area contributed by atoms with Crippen molar-refractivity contribution >= 4 is 16.8 Å². The van der Waals surface area contributed by atoms with E-state index in [0.717, 1.165) is 33.2 Å². The van der Waals surface area contributed by atoms with Crippen LogP contribution in [0.4, 0.5) is 0 Å². The summed E-state index contributed by atoms with van der Waals surface area (Å²) >= 11 is 0. The molecular formula is C18H16N4O. The molecule has 0 spiro atoms. The largest absolute Gasteiger partial charge is 0.364 e. The van der Waals surface area contributed by atoms with Crippen LogP contribution in [0.25, 0.3) is 22.0 Å². The van der Waals surface area contributed by atoms with E-state index in [9.17, 15) is 10.1 Å². The summed E-state index contributed by atoms with van der Waals surface area (Å²) in [5.74, 6) is -0.475. The van der Waals surface area contributed by atoms with Gasteiger partial charge < -0.3 is 10.3 Å². The number of primary amides is 1. The van der Waals surface area contributed by atoms with E-state index >= 15 is 0 Å². The number of carbonyl (C=O) groups is 1. The van der Waals surface area contributed by atoms with Crippen LogP contribution in [0.5, 0.6) is 0 Å². The Hall–Kier alpha value is -3.13. The van der Waals surface area contributed by atoms with Gasteiger partial charge in [-0.05, 0) is 48.7 Å². The lowest BCUT2D eigenvalue weighted by atomic mass is 9.97. The molecule has 5 heteroatoms. The van der Waals surface area contributed by atoms with Crippen molar-refractivity contribution in [2.75, 3.05) is 0 Å². The van der Waals surface area contributed by atoms with E-state index in [1.54, 1.807) is 18.5 Å². The lowest BCUT2D eigenvalue weighted by molar-refractivity contribution is 0.0992. The molecule has 3 aromatic rings. The van der Waals surface area contributed by atoms with E-state index in [0.29, 0.717) is 11.3 Å². The predicted octanol–water partition coefficient (Wildman–Crippen LogP) is 2.83. The van der Waals surface area contributed by atoms with Gasteiger partial charge in [0.2, 0.25) is 0 Å². The molecule has 0 fully saturated rings. The third kappa shape index (κ3) is 2.16. The normalized spacial score (nSPS) is 10.7. The minimum atomic E-state index is -0.475. The lowest BCUT2D eigenvalue weighted by Crippen LogP contribution is -2.16. The van der Waals surface area contributed by atoms with E-state index in [1.165, 1.54) is 0 Å². The summed E-state index contributed by atoms with van der Waals surface area (Å²) in [6.45, 7) is 3.82. The Morgan fingerprint density at radius 3 is 2.65 bits per heavy atom. The Morgan fingerprint density at radius 1 is 1.30 bits per heavy atom. The Morgan fingerprint density at radius 2 is 2.04 bits per heavy atom. The number of nitrogens with two attached hydrogens (primary N) is 1. The summed E-state index contributed by atoms with van der Waals surface area (Å²) in [6.07, 6.45) is 3.50. The highest BCUT2D eigenvalue weighted by atomic mass is 16.1. The lowest BCUT2D eigenvalue weighted by Gasteiger charge is -2.10.